The van der Waals surface area contributed by atoms with Crippen molar-refractivity contribution in [2.45, 2.75) is 19.4 Å². The Kier molecular flexibility index (Phi) is 5.55. The van der Waals surface area contributed by atoms with Crippen LogP contribution in [0.15, 0.2) is 48.7 Å². The van der Waals surface area contributed by atoms with E-state index in [1.165, 1.54) is 0 Å². The molecule has 2 aromatic heterocycles. The lowest BCUT2D eigenvalue weighted by Crippen LogP contribution is -2.34. The Hall–Kier alpha value is -2.54. The number of amides is 2. The third-order valence-electron chi connectivity index (χ3n) is 3.84. The minimum atomic E-state index is -0.246. The van der Waals surface area contributed by atoms with Crippen molar-refractivity contribution in [3.05, 3.63) is 60.0 Å². The van der Waals surface area contributed by atoms with Crippen molar-refractivity contribution in [2.24, 2.45) is 0 Å². The lowest BCUT2D eigenvalue weighted by Gasteiger charge is -2.17. The molecule has 0 radical (unpaired) electrons. The van der Waals surface area contributed by atoms with Gasteiger partial charge in [0.15, 0.2) is 11.5 Å². The van der Waals surface area contributed by atoms with E-state index in [4.69, 9.17) is 0 Å². The van der Waals surface area contributed by atoms with E-state index in [9.17, 15) is 4.79 Å². The maximum Gasteiger partial charge on any atom is 0.319 e. The summed E-state index contributed by atoms with van der Waals surface area (Å²) < 4.78 is 1.91. The van der Waals surface area contributed by atoms with Crippen LogP contribution < -0.4 is 10.6 Å². The molecular weight excluding hydrogens is 334 g/mol. The van der Waals surface area contributed by atoms with Crippen LogP contribution in [-0.4, -0.2) is 32.6 Å². The minimum Gasteiger partial charge on any atom is -0.328 e. The van der Waals surface area contributed by atoms with Gasteiger partial charge in [-0.05, 0) is 55.2 Å². The average molecular weight is 355 g/mol. The van der Waals surface area contributed by atoms with Crippen molar-refractivity contribution in [1.82, 2.24) is 19.9 Å². The summed E-state index contributed by atoms with van der Waals surface area (Å²) in [7, 11) is 0. The number of rotatable bonds is 6. The molecule has 2 heterocycles. The van der Waals surface area contributed by atoms with Gasteiger partial charge in [0.1, 0.15) is 0 Å². The first-order valence-electron chi connectivity index (χ1n) is 8.10. The molecule has 0 aliphatic carbocycles. The number of urea groups is 1. The van der Waals surface area contributed by atoms with E-state index in [1.807, 2.05) is 66.2 Å². The van der Waals surface area contributed by atoms with Crippen molar-refractivity contribution in [3.63, 3.8) is 0 Å². The zero-order valence-electron chi connectivity index (χ0n) is 14.3. The second kappa shape index (κ2) is 8.02. The highest BCUT2D eigenvalue weighted by Gasteiger charge is 2.20. The molecule has 0 aliphatic rings. The number of nitrogens with one attached hydrogen (secondary N) is 2. The summed E-state index contributed by atoms with van der Waals surface area (Å²) in [5.74, 6) is 1.65. The van der Waals surface area contributed by atoms with E-state index in [1.54, 1.807) is 11.8 Å². The third-order valence-corrected chi connectivity index (χ3v) is 4.49. The SMILES string of the molecule is CSCC[C@@H](NC(=O)Nc1cccc(C)c1)c1nnc2ccccn12. The monoisotopic (exact) mass is 355 g/mol. The molecule has 0 saturated heterocycles. The van der Waals surface area contributed by atoms with E-state index in [2.05, 4.69) is 20.8 Å². The van der Waals surface area contributed by atoms with Crippen LogP contribution in [0.1, 0.15) is 23.9 Å². The predicted molar refractivity (Wildman–Crippen MR) is 102 cm³/mol. The van der Waals surface area contributed by atoms with Gasteiger partial charge in [0.2, 0.25) is 0 Å². The molecule has 0 unspecified atom stereocenters. The molecule has 0 aliphatic heterocycles. The van der Waals surface area contributed by atoms with Crippen LogP contribution >= 0.6 is 11.8 Å². The van der Waals surface area contributed by atoms with Crippen LogP contribution in [0.4, 0.5) is 10.5 Å². The Labute approximate surface area is 151 Å². The van der Waals surface area contributed by atoms with Crippen molar-refractivity contribution in [1.29, 1.82) is 0 Å². The number of pyridine rings is 1. The standard InChI is InChI=1S/C18H21N5OS/c1-13-6-5-7-14(12-13)19-18(24)20-15(9-11-25-2)17-22-21-16-8-3-4-10-23(16)17/h3-8,10,12,15H,9,11H2,1-2H3,(H2,19,20,24)/t15-/m1/s1. The van der Waals surface area contributed by atoms with Crippen LogP contribution in [0.25, 0.3) is 5.65 Å². The number of anilines is 1. The first-order valence-corrected chi connectivity index (χ1v) is 9.49. The molecule has 2 N–H and O–H groups in total. The first-order chi connectivity index (χ1) is 12.2. The van der Waals surface area contributed by atoms with E-state index in [0.29, 0.717) is 0 Å². The van der Waals surface area contributed by atoms with Gasteiger partial charge < -0.3 is 10.6 Å². The van der Waals surface area contributed by atoms with E-state index < -0.39 is 0 Å². The molecule has 3 rings (SSSR count). The highest BCUT2D eigenvalue weighted by atomic mass is 32.2. The van der Waals surface area contributed by atoms with Gasteiger partial charge in [0.25, 0.3) is 0 Å². The molecule has 1 aromatic carbocycles. The quantitative estimate of drug-likeness (QED) is 0.708. The summed E-state index contributed by atoms with van der Waals surface area (Å²) in [5.41, 5.74) is 2.64. The van der Waals surface area contributed by atoms with Gasteiger partial charge in [0.05, 0.1) is 6.04 Å². The van der Waals surface area contributed by atoms with Gasteiger partial charge in [-0.3, -0.25) is 4.40 Å². The third kappa shape index (κ3) is 4.30. The molecule has 1 atom stereocenters. The Balaban J connectivity index is 1.77. The number of benzene rings is 1. The lowest BCUT2D eigenvalue weighted by molar-refractivity contribution is 0.247. The molecular formula is C18H21N5OS. The first kappa shape index (κ1) is 17.3. The predicted octanol–water partition coefficient (Wildman–Crippen LogP) is 3.65. The summed E-state index contributed by atoms with van der Waals surface area (Å²) in [6.45, 7) is 1.99. The molecule has 3 aromatic rings. The van der Waals surface area contributed by atoms with E-state index in [0.717, 1.165) is 34.9 Å². The fraction of sp³-hybridized carbons (Fsp3) is 0.278. The highest BCUT2D eigenvalue weighted by molar-refractivity contribution is 7.98. The molecule has 2 amide bonds. The molecule has 0 spiro atoms. The van der Waals surface area contributed by atoms with Crippen molar-refractivity contribution < 1.29 is 4.79 Å². The van der Waals surface area contributed by atoms with Crippen LogP contribution in [0.5, 0.6) is 0 Å². The number of nitrogens with zero attached hydrogens (tertiary/aromatic N) is 3. The fourth-order valence-electron chi connectivity index (χ4n) is 2.65. The topological polar surface area (TPSA) is 71.3 Å². The molecule has 0 bridgehead atoms. The van der Waals surface area contributed by atoms with Crippen LogP contribution in [0.3, 0.4) is 0 Å². The zero-order valence-corrected chi connectivity index (χ0v) is 15.1. The number of hydrogen-bond acceptors (Lipinski definition) is 4. The molecule has 25 heavy (non-hydrogen) atoms. The van der Waals surface area contributed by atoms with Crippen LogP contribution in [-0.2, 0) is 0 Å². The van der Waals surface area contributed by atoms with Gasteiger partial charge >= 0.3 is 6.03 Å². The smallest absolute Gasteiger partial charge is 0.319 e. The summed E-state index contributed by atoms with van der Waals surface area (Å²) in [5, 5.41) is 14.4. The number of aromatic nitrogens is 3. The Morgan fingerprint density at radius 1 is 1.24 bits per heavy atom. The zero-order chi connectivity index (χ0) is 17.6. The Morgan fingerprint density at radius 2 is 2.12 bits per heavy atom. The number of hydrogen-bond donors (Lipinski definition) is 2. The molecule has 0 fully saturated rings. The van der Waals surface area contributed by atoms with Crippen LogP contribution in [0.2, 0.25) is 0 Å². The molecule has 130 valence electrons. The number of aryl methyl sites for hydroxylation is 1. The average Bonchev–Trinajstić information content (AvgIpc) is 3.02. The highest BCUT2D eigenvalue weighted by Crippen LogP contribution is 2.19. The maximum atomic E-state index is 12.4. The van der Waals surface area contributed by atoms with Gasteiger partial charge in [-0.2, -0.15) is 11.8 Å². The van der Waals surface area contributed by atoms with Gasteiger partial charge in [-0.1, -0.05) is 18.2 Å². The maximum absolute atomic E-state index is 12.4. The molecule has 7 heteroatoms. The number of thioether (sulfide) groups is 1. The lowest BCUT2D eigenvalue weighted by atomic mass is 10.2. The van der Waals surface area contributed by atoms with Gasteiger partial charge in [-0.25, -0.2) is 4.79 Å². The number of carbonyl (C=O) groups is 1. The molecule has 0 saturated carbocycles. The summed E-state index contributed by atoms with van der Waals surface area (Å²) in [6.07, 6.45) is 4.74. The van der Waals surface area contributed by atoms with E-state index >= 15 is 0 Å². The number of fused-ring (bicyclic) bond motifs is 1. The number of carbonyl (C=O) groups excluding carboxylic acids is 1. The molecule has 6 nitrogen and oxygen atoms in total. The van der Waals surface area contributed by atoms with Crippen molar-refractivity contribution >= 4 is 29.1 Å². The fourth-order valence-corrected chi connectivity index (χ4v) is 3.12. The van der Waals surface area contributed by atoms with Crippen molar-refractivity contribution in [3.8, 4) is 0 Å². The van der Waals surface area contributed by atoms with Crippen LogP contribution in [0, 0.1) is 6.92 Å². The van der Waals surface area contributed by atoms with E-state index in [-0.39, 0.29) is 12.1 Å². The Bertz CT molecular complexity index is 863. The summed E-state index contributed by atoms with van der Waals surface area (Å²) in [6, 6.07) is 13.0. The van der Waals surface area contributed by atoms with Crippen molar-refractivity contribution in [2.75, 3.05) is 17.3 Å². The largest absolute Gasteiger partial charge is 0.328 e. The summed E-state index contributed by atoms with van der Waals surface area (Å²) in [4.78, 5) is 12.4. The second-order valence-electron chi connectivity index (χ2n) is 5.79. The normalized spacial score (nSPS) is 12.1. The van der Waals surface area contributed by atoms with Gasteiger partial charge in [-0.15, -0.1) is 10.2 Å². The summed E-state index contributed by atoms with van der Waals surface area (Å²) >= 11 is 1.74. The second-order valence-corrected chi connectivity index (χ2v) is 6.77. The Morgan fingerprint density at radius 3 is 2.92 bits per heavy atom. The minimum absolute atomic E-state index is 0.213. The van der Waals surface area contributed by atoms with Gasteiger partial charge in [0, 0.05) is 11.9 Å².